The Labute approximate surface area is 104 Å². The van der Waals surface area contributed by atoms with Crippen LogP contribution < -0.4 is 4.74 Å². The average Bonchev–Trinajstić information content (AvgIpc) is 2.36. The first-order chi connectivity index (χ1) is 8.36. The summed E-state index contributed by atoms with van der Waals surface area (Å²) >= 11 is 0. The van der Waals surface area contributed by atoms with E-state index in [1.54, 1.807) is 0 Å². The molecule has 0 atom stereocenters. The van der Waals surface area contributed by atoms with Gasteiger partial charge in [-0.1, -0.05) is 30.4 Å². The summed E-state index contributed by atoms with van der Waals surface area (Å²) in [6.45, 7) is 11.1. The van der Waals surface area contributed by atoms with E-state index >= 15 is 0 Å². The zero-order chi connectivity index (χ0) is 12.3. The van der Waals surface area contributed by atoms with E-state index in [9.17, 15) is 0 Å². The SMILES string of the molecule is C=CCN(CC=C)CCCOc1ccccc1. The van der Waals surface area contributed by atoms with Crippen LogP contribution in [0, 0.1) is 0 Å². The van der Waals surface area contributed by atoms with E-state index in [0.717, 1.165) is 38.4 Å². The molecule has 2 heteroatoms. The molecule has 17 heavy (non-hydrogen) atoms. The van der Waals surface area contributed by atoms with Crippen molar-refractivity contribution < 1.29 is 4.74 Å². The van der Waals surface area contributed by atoms with E-state index in [1.165, 1.54) is 0 Å². The minimum atomic E-state index is 0.745. The Kier molecular flexibility index (Phi) is 6.84. The van der Waals surface area contributed by atoms with Gasteiger partial charge in [-0.2, -0.15) is 0 Å². The van der Waals surface area contributed by atoms with Gasteiger partial charge in [-0.3, -0.25) is 4.90 Å². The van der Waals surface area contributed by atoms with Gasteiger partial charge in [0.1, 0.15) is 5.75 Å². The fourth-order valence-electron chi connectivity index (χ4n) is 1.62. The van der Waals surface area contributed by atoms with Gasteiger partial charge in [0.15, 0.2) is 0 Å². The second kappa shape index (κ2) is 8.59. The molecule has 1 aromatic rings. The third kappa shape index (κ3) is 5.93. The highest BCUT2D eigenvalue weighted by atomic mass is 16.5. The number of ether oxygens (including phenoxy) is 1. The first kappa shape index (κ1) is 13.5. The van der Waals surface area contributed by atoms with E-state index in [2.05, 4.69) is 18.1 Å². The summed E-state index contributed by atoms with van der Waals surface area (Å²) in [5.74, 6) is 0.937. The zero-order valence-corrected chi connectivity index (χ0v) is 10.3. The van der Waals surface area contributed by atoms with Crippen LogP contribution in [0.1, 0.15) is 6.42 Å². The molecule has 0 heterocycles. The number of rotatable bonds is 9. The van der Waals surface area contributed by atoms with Crippen molar-refractivity contribution in [1.82, 2.24) is 4.90 Å². The first-order valence-corrected chi connectivity index (χ1v) is 5.99. The summed E-state index contributed by atoms with van der Waals surface area (Å²) < 4.78 is 5.63. The van der Waals surface area contributed by atoms with Crippen LogP contribution in [0.3, 0.4) is 0 Å². The highest BCUT2D eigenvalue weighted by Crippen LogP contribution is 2.08. The lowest BCUT2D eigenvalue weighted by molar-refractivity contribution is 0.262. The smallest absolute Gasteiger partial charge is 0.119 e. The Balaban J connectivity index is 2.17. The molecule has 0 radical (unpaired) electrons. The highest BCUT2D eigenvalue weighted by molar-refractivity contribution is 5.20. The van der Waals surface area contributed by atoms with Crippen LogP contribution in [0.15, 0.2) is 55.6 Å². The normalized spacial score (nSPS) is 10.2. The van der Waals surface area contributed by atoms with Crippen molar-refractivity contribution in [2.45, 2.75) is 6.42 Å². The molecule has 2 nitrogen and oxygen atoms in total. The summed E-state index contributed by atoms with van der Waals surface area (Å²) in [7, 11) is 0. The molecule has 1 rings (SSSR count). The van der Waals surface area contributed by atoms with Crippen LogP contribution in [0.5, 0.6) is 5.75 Å². The molecule has 0 aromatic heterocycles. The number of benzene rings is 1. The van der Waals surface area contributed by atoms with Crippen LogP contribution in [-0.2, 0) is 0 Å². The standard InChI is InChI=1S/C15H21NO/c1-3-11-16(12-4-2)13-8-14-17-15-9-6-5-7-10-15/h3-7,9-10H,1-2,8,11-14H2. The third-order valence-electron chi connectivity index (χ3n) is 2.41. The lowest BCUT2D eigenvalue weighted by Crippen LogP contribution is -2.26. The molecule has 0 N–H and O–H groups in total. The molecule has 0 aliphatic carbocycles. The summed E-state index contributed by atoms with van der Waals surface area (Å²) in [5.41, 5.74) is 0. The monoisotopic (exact) mass is 231 g/mol. The molecule has 0 bridgehead atoms. The van der Waals surface area contributed by atoms with Crippen molar-refractivity contribution in [2.75, 3.05) is 26.2 Å². The van der Waals surface area contributed by atoms with Gasteiger partial charge in [-0.25, -0.2) is 0 Å². The summed E-state index contributed by atoms with van der Waals surface area (Å²) in [6.07, 6.45) is 4.85. The van der Waals surface area contributed by atoms with Crippen molar-refractivity contribution in [3.63, 3.8) is 0 Å². The highest BCUT2D eigenvalue weighted by Gasteiger charge is 2.00. The van der Waals surface area contributed by atoms with Gasteiger partial charge in [0.25, 0.3) is 0 Å². The van der Waals surface area contributed by atoms with E-state index in [1.807, 2.05) is 42.5 Å². The quantitative estimate of drug-likeness (QED) is 0.478. The third-order valence-corrected chi connectivity index (χ3v) is 2.41. The van der Waals surface area contributed by atoms with Crippen molar-refractivity contribution in [3.05, 3.63) is 55.6 Å². The van der Waals surface area contributed by atoms with Crippen LogP contribution in [0.4, 0.5) is 0 Å². The zero-order valence-electron chi connectivity index (χ0n) is 10.3. The van der Waals surface area contributed by atoms with Crippen molar-refractivity contribution in [3.8, 4) is 5.75 Å². The first-order valence-electron chi connectivity index (χ1n) is 5.99. The van der Waals surface area contributed by atoms with E-state index in [-0.39, 0.29) is 0 Å². The maximum Gasteiger partial charge on any atom is 0.119 e. The second-order valence-electron chi connectivity index (χ2n) is 3.85. The fourth-order valence-corrected chi connectivity index (χ4v) is 1.62. The van der Waals surface area contributed by atoms with Gasteiger partial charge >= 0.3 is 0 Å². The van der Waals surface area contributed by atoms with Crippen molar-refractivity contribution >= 4 is 0 Å². The van der Waals surface area contributed by atoms with Gasteiger partial charge in [-0.05, 0) is 18.6 Å². The average molecular weight is 231 g/mol. The number of para-hydroxylation sites is 1. The number of nitrogens with zero attached hydrogens (tertiary/aromatic N) is 1. The molecule has 0 aliphatic rings. The summed E-state index contributed by atoms with van der Waals surface area (Å²) in [6, 6.07) is 9.91. The van der Waals surface area contributed by atoms with Crippen LogP contribution in [0.25, 0.3) is 0 Å². The van der Waals surface area contributed by atoms with Crippen molar-refractivity contribution in [1.29, 1.82) is 0 Å². The largest absolute Gasteiger partial charge is 0.494 e. The predicted octanol–water partition coefficient (Wildman–Crippen LogP) is 3.13. The molecule has 0 fully saturated rings. The van der Waals surface area contributed by atoms with Gasteiger partial charge < -0.3 is 4.74 Å². The summed E-state index contributed by atoms with van der Waals surface area (Å²) in [5, 5.41) is 0. The minimum Gasteiger partial charge on any atom is -0.494 e. The minimum absolute atomic E-state index is 0.745. The van der Waals surface area contributed by atoms with Crippen LogP contribution in [-0.4, -0.2) is 31.1 Å². The Morgan fingerprint density at radius 1 is 1.06 bits per heavy atom. The molecule has 92 valence electrons. The van der Waals surface area contributed by atoms with Gasteiger partial charge in [-0.15, -0.1) is 13.2 Å². The second-order valence-corrected chi connectivity index (χ2v) is 3.85. The van der Waals surface area contributed by atoms with Gasteiger partial charge in [0.05, 0.1) is 6.61 Å². The molecular formula is C15H21NO. The maximum absolute atomic E-state index is 5.63. The molecule has 1 aromatic carbocycles. The van der Waals surface area contributed by atoms with Crippen LogP contribution >= 0.6 is 0 Å². The molecule has 0 saturated carbocycles. The maximum atomic E-state index is 5.63. The molecule has 0 amide bonds. The lowest BCUT2D eigenvalue weighted by Gasteiger charge is -2.18. The van der Waals surface area contributed by atoms with E-state index in [0.29, 0.717) is 0 Å². The van der Waals surface area contributed by atoms with Crippen LogP contribution in [0.2, 0.25) is 0 Å². The molecule has 0 saturated heterocycles. The Bertz CT molecular complexity index is 311. The summed E-state index contributed by atoms with van der Waals surface area (Å²) in [4.78, 5) is 2.29. The molecule has 0 unspecified atom stereocenters. The molecule has 0 aliphatic heterocycles. The predicted molar refractivity (Wildman–Crippen MR) is 73.4 cm³/mol. The Morgan fingerprint density at radius 3 is 2.29 bits per heavy atom. The Morgan fingerprint density at radius 2 is 1.71 bits per heavy atom. The molecular weight excluding hydrogens is 210 g/mol. The number of hydrogen-bond donors (Lipinski definition) is 0. The fraction of sp³-hybridized carbons (Fsp3) is 0.333. The molecule has 0 spiro atoms. The lowest BCUT2D eigenvalue weighted by atomic mass is 10.3. The number of hydrogen-bond acceptors (Lipinski definition) is 2. The van der Waals surface area contributed by atoms with E-state index in [4.69, 9.17) is 4.74 Å². The topological polar surface area (TPSA) is 12.5 Å². The Hall–Kier alpha value is -1.54. The van der Waals surface area contributed by atoms with Gasteiger partial charge in [0.2, 0.25) is 0 Å². The van der Waals surface area contributed by atoms with E-state index < -0.39 is 0 Å². The van der Waals surface area contributed by atoms with Crippen molar-refractivity contribution in [2.24, 2.45) is 0 Å². The van der Waals surface area contributed by atoms with Gasteiger partial charge in [0, 0.05) is 19.6 Å².